The van der Waals surface area contributed by atoms with Gasteiger partial charge in [-0.15, -0.1) is 11.8 Å². The van der Waals surface area contributed by atoms with Crippen molar-refractivity contribution in [2.45, 2.75) is 5.03 Å². The molecule has 0 bridgehead atoms. The maximum Gasteiger partial charge on any atom is 0.114 e. The van der Waals surface area contributed by atoms with Gasteiger partial charge in [-0.1, -0.05) is 23.2 Å². The van der Waals surface area contributed by atoms with Crippen molar-refractivity contribution in [3.63, 3.8) is 0 Å². The molecule has 0 aliphatic heterocycles. The predicted octanol–water partition coefficient (Wildman–Crippen LogP) is 4.65. The SMILES string of the molecule is CSc1nc(-c2ccc(Cl)cc2Cl)ccc1C#N. The molecule has 0 radical (unpaired) electrons. The summed E-state index contributed by atoms with van der Waals surface area (Å²) in [5, 5.41) is 10.8. The van der Waals surface area contributed by atoms with Crippen molar-refractivity contribution < 1.29 is 0 Å². The number of nitrogens with zero attached hydrogens (tertiary/aromatic N) is 2. The van der Waals surface area contributed by atoms with Gasteiger partial charge in [-0.3, -0.25) is 0 Å². The highest BCUT2D eigenvalue weighted by molar-refractivity contribution is 7.98. The van der Waals surface area contributed by atoms with Crippen molar-refractivity contribution >= 4 is 35.0 Å². The number of thioether (sulfide) groups is 1. The van der Waals surface area contributed by atoms with Crippen molar-refractivity contribution in [3.05, 3.63) is 45.9 Å². The van der Waals surface area contributed by atoms with E-state index < -0.39 is 0 Å². The Morgan fingerprint density at radius 2 is 2.00 bits per heavy atom. The minimum Gasteiger partial charge on any atom is -0.240 e. The Balaban J connectivity index is 2.55. The van der Waals surface area contributed by atoms with Crippen LogP contribution in [0.1, 0.15) is 5.56 Å². The Morgan fingerprint density at radius 1 is 1.22 bits per heavy atom. The van der Waals surface area contributed by atoms with Crippen LogP contribution in [0.15, 0.2) is 35.4 Å². The molecule has 0 aliphatic carbocycles. The molecular weight excluding hydrogens is 287 g/mol. The molecule has 90 valence electrons. The van der Waals surface area contributed by atoms with Gasteiger partial charge in [0.25, 0.3) is 0 Å². The van der Waals surface area contributed by atoms with Crippen LogP contribution in [-0.2, 0) is 0 Å². The molecule has 1 aromatic heterocycles. The number of rotatable bonds is 2. The summed E-state index contributed by atoms with van der Waals surface area (Å²) in [6.45, 7) is 0. The quantitative estimate of drug-likeness (QED) is 0.757. The second kappa shape index (κ2) is 5.62. The van der Waals surface area contributed by atoms with Gasteiger partial charge < -0.3 is 0 Å². The van der Waals surface area contributed by atoms with E-state index in [4.69, 9.17) is 28.5 Å². The molecule has 0 atom stereocenters. The zero-order valence-corrected chi connectivity index (χ0v) is 11.8. The maximum absolute atomic E-state index is 8.96. The number of hydrogen-bond acceptors (Lipinski definition) is 3. The van der Waals surface area contributed by atoms with Crippen molar-refractivity contribution in [2.24, 2.45) is 0 Å². The van der Waals surface area contributed by atoms with Crippen molar-refractivity contribution in [1.29, 1.82) is 5.26 Å². The summed E-state index contributed by atoms with van der Waals surface area (Å²) in [7, 11) is 0. The van der Waals surface area contributed by atoms with E-state index in [1.54, 1.807) is 24.3 Å². The van der Waals surface area contributed by atoms with Crippen LogP contribution in [0.3, 0.4) is 0 Å². The highest BCUT2D eigenvalue weighted by Gasteiger charge is 2.09. The van der Waals surface area contributed by atoms with Gasteiger partial charge >= 0.3 is 0 Å². The van der Waals surface area contributed by atoms with Gasteiger partial charge in [0.05, 0.1) is 16.3 Å². The number of pyridine rings is 1. The van der Waals surface area contributed by atoms with E-state index in [0.717, 1.165) is 11.3 Å². The molecule has 0 saturated heterocycles. The molecule has 0 saturated carbocycles. The van der Waals surface area contributed by atoms with Crippen LogP contribution < -0.4 is 0 Å². The highest BCUT2D eigenvalue weighted by atomic mass is 35.5. The lowest BCUT2D eigenvalue weighted by molar-refractivity contribution is 1.12. The Bertz CT molecular complexity index is 635. The van der Waals surface area contributed by atoms with Crippen LogP contribution in [-0.4, -0.2) is 11.2 Å². The molecule has 1 heterocycles. The Hall–Kier alpha value is -1.21. The lowest BCUT2D eigenvalue weighted by Crippen LogP contribution is -1.90. The van der Waals surface area contributed by atoms with Crippen molar-refractivity contribution in [2.75, 3.05) is 6.26 Å². The number of nitriles is 1. The van der Waals surface area contributed by atoms with Gasteiger partial charge in [0.15, 0.2) is 0 Å². The van der Waals surface area contributed by atoms with E-state index in [2.05, 4.69) is 11.1 Å². The fourth-order valence-electron chi connectivity index (χ4n) is 1.53. The Labute approximate surface area is 120 Å². The van der Waals surface area contributed by atoms with Crippen LogP contribution in [0.2, 0.25) is 10.0 Å². The Kier molecular flexibility index (Phi) is 4.13. The molecule has 18 heavy (non-hydrogen) atoms. The number of aromatic nitrogens is 1. The van der Waals surface area contributed by atoms with E-state index in [0.29, 0.717) is 20.6 Å². The first-order valence-electron chi connectivity index (χ1n) is 5.06. The van der Waals surface area contributed by atoms with E-state index in [1.165, 1.54) is 11.8 Å². The van der Waals surface area contributed by atoms with Gasteiger partial charge in [-0.25, -0.2) is 4.98 Å². The lowest BCUT2D eigenvalue weighted by atomic mass is 10.1. The fraction of sp³-hybridized carbons (Fsp3) is 0.0769. The van der Waals surface area contributed by atoms with Gasteiger partial charge in [0.2, 0.25) is 0 Å². The van der Waals surface area contributed by atoms with Crippen LogP contribution in [0.4, 0.5) is 0 Å². The van der Waals surface area contributed by atoms with Crippen LogP contribution in [0.25, 0.3) is 11.3 Å². The second-order valence-electron chi connectivity index (χ2n) is 3.49. The third-order valence-corrected chi connectivity index (χ3v) is 3.63. The van der Waals surface area contributed by atoms with Crippen molar-refractivity contribution in [1.82, 2.24) is 4.98 Å². The Morgan fingerprint density at radius 3 is 2.61 bits per heavy atom. The zero-order valence-electron chi connectivity index (χ0n) is 9.45. The first-order chi connectivity index (χ1) is 8.65. The van der Waals surface area contributed by atoms with E-state index >= 15 is 0 Å². The smallest absolute Gasteiger partial charge is 0.114 e. The molecule has 2 rings (SSSR count). The molecule has 2 nitrogen and oxygen atoms in total. The standard InChI is InChI=1S/C13H8Cl2N2S/c1-18-13-8(7-16)2-5-12(17-13)10-4-3-9(14)6-11(10)15/h2-6H,1H3. The normalized spacial score (nSPS) is 10.1. The third kappa shape index (κ3) is 2.62. The fourth-order valence-corrected chi connectivity index (χ4v) is 2.56. The van der Waals surface area contributed by atoms with Gasteiger partial charge in [0.1, 0.15) is 11.1 Å². The van der Waals surface area contributed by atoms with E-state index in [1.807, 2.05) is 12.3 Å². The number of benzene rings is 1. The summed E-state index contributed by atoms with van der Waals surface area (Å²) >= 11 is 13.4. The minimum atomic E-state index is 0.548. The highest BCUT2D eigenvalue weighted by Crippen LogP contribution is 2.30. The molecule has 0 N–H and O–H groups in total. The van der Waals surface area contributed by atoms with Crippen LogP contribution >= 0.6 is 35.0 Å². The molecule has 5 heteroatoms. The molecule has 0 unspecified atom stereocenters. The molecular formula is C13H8Cl2N2S. The van der Waals surface area contributed by atoms with Gasteiger partial charge in [-0.05, 0) is 36.6 Å². The van der Waals surface area contributed by atoms with Gasteiger partial charge in [-0.2, -0.15) is 5.26 Å². The topological polar surface area (TPSA) is 36.7 Å². The number of hydrogen-bond donors (Lipinski definition) is 0. The lowest BCUT2D eigenvalue weighted by Gasteiger charge is -2.06. The molecule has 0 fully saturated rings. The van der Waals surface area contributed by atoms with Crippen LogP contribution in [0, 0.1) is 11.3 Å². The number of halogens is 2. The molecule has 1 aromatic carbocycles. The second-order valence-corrected chi connectivity index (χ2v) is 5.13. The first-order valence-corrected chi connectivity index (χ1v) is 7.04. The average Bonchev–Trinajstić information content (AvgIpc) is 2.38. The van der Waals surface area contributed by atoms with Crippen LogP contribution in [0.5, 0.6) is 0 Å². The minimum absolute atomic E-state index is 0.548. The van der Waals surface area contributed by atoms with Crippen molar-refractivity contribution in [3.8, 4) is 17.3 Å². The summed E-state index contributed by atoms with van der Waals surface area (Å²) in [6, 6.07) is 10.9. The summed E-state index contributed by atoms with van der Waals surface area (Å²) in [6.07, 6.45) is 1.89. The monoisotopic (exact) mass is 294 g/mol. The molecule has 0 aliphatic rings. The molecule has 0 spiro atoms. The van der Waals surface area contributed by atoms with Gasteiger partial charge in [0, 0.05) is 10.6 Å². The molecule has 2 aromatic rings. The third-order valence-electron chi connectivity index (χ3n) is 2.38. The first kappa shape index (κ1) is 13.2. The van der Waals surface area contributed by atoms with E-state index in [9.17, 15) is 0 Å². The summed E-state index contributed by atoms with van der Waals surface area (Å²) in [5.41, 5.74) is 2.11. The zero-order chi connectivity index (χ0) is 13.1. The predicted molar refractivity (Wildman–Crippen MR) is 76.2 cm³/mol. The summed E-state index contributed by atoms with van der Waals surface area (Å²) in [4.78, 5) is 4.44. The molecule has 0 amide bonds. The maximum atomic E-state index is 8.96. The summed E-state index contributed by atoms with van der Waals surface area (Å²) < 4.78 is 0. The van der Waals surface area contributed by atoms with E-state index in [-0.39, 0.29) is 0 Å². The summed E-state index contributed by atoms with van der Waals surface area (Å²) in [5.74, 6) is 0. The largest absolute Gasteiger partial charge is 0.240 e. The average molecular weight is 295 g/mol.